The maximum atomic E-state index is 3.19. The van der Waals surface area contributed by atoms with Crippen molar-refractivity contribution >= 4 is 18.2 Å². The average Bonchev–Trinajstić information content (AvgIpc) is 2.34. The Morgan fingerprint density at radius 3 is 2.91 bits per heavy atom. The van der Waals surface area contributed by atoms with Crippen LogP contribution >= 0.6 is 0 Å². The van der Waals surface area contributed by atoms with Gasteiger partial charge in [0.05, 0.1) is 0 Å². The van der Waals surface area contributed by atoms with Crippen molar-refractivity contribution in [3.05, 3.63) is 46.2 Å². The van der Waals surface area contributed by atoms with E-state index in [-0.39, 0.29) is 0 Å². The third kappa shape index (κ3) is 0.548. The lowest BCUT2D eigenvalue weighted by Gasteiger charge is -2.04. The second kappa shape index (κ2) is 1.65. The minimum absolute atomic E-state index is 1.23. The fourth-order valence-electron chi connectivity index (χ4n) is 1.58. The van der Waals surface area contributed by atoms with E-state index in [0.29, 0.717) is 0 Å². The molecule has 0 aromatic heterocycles. The number of rotatable bonds is 0. The molecule has 2 aliphatic carbocycles. The molecule has 0 heteroatoms. The lowest BCUT2D eigenvalue weighted by Crippen LogP contribution is -2.32. The van der Waals surface area contributed by atoms with Crippen molar-refractivity contribution in [3.8, 4) is 0 Å². The molecule has 0 atom stereocenters. The molecule has 0 amide bonds. The minimum atomic E-state index is 1.23. The van der Waals surface area contributed by atoms with Crippen LogP contribution in [-0.4, -0.2) is 0 Å². The van der Waals surface area contributed by atoms with Crippen LogP contribution in [0.5, 0.6) is 0 Å². The summed E-state index contributed by atoms with van der Waals surface area (Å²) < 4.78 is 0. The van der Waals surface area contributed by atoms with Gasteiger partial charge in [-0.2, -0.15) is 0 Å². The summed E-state index contributed by atoms with van der Waals surface area (Å²) in [5, 5.41) is 2.74. The molecule has 0 unspecified atom stereocenters. The van der Waals surface area contributed by atoms with Gasteiger partial charge in [-0.3, -0.25) is 0 Å². The van der Waals surface area contributed by atoms with E-state index in [2.05, 4.69) is 36.8 Å². The molecule has 0 saturated carbocycles. The number of benzene rings is 1. The summed E-state index contributed by atoms with van der Waals surface area (Å²) in [7, 11) is 0. The van der Waals surface area contributed by atoms with Crippen molar-refractivity contribution in [2.24, 2.45) is 0 Å². The van der Waals surface area contributed by atoms with E-state index in [1.165, 1.54) is 21.6 Å². The summed E-state index contributed by atoms with van der Waals surface area (Å²) in [4.78, 5) is 0. The molecule has 0 fully saturated rings. The van der Waals surface area contributed by atoms with E-state index in [1.54, 1.807) is 0 Å². The number of hydrogen-bond acceptors (Lipinski definition) is 0. The molecule has 1 aromatic rings. The molecule has 0 aliphatic heterocycles. The van der Waals surface area contributed by atoms with Gasteiger partial charge in [-0.15, -0.1) is 0 Å². The molecule has 50 valence electrons. The fourth-order valence-corrected chi connectivity index (χ4v) is 1.58. The quantitative estimate of drug-likeness (QED) is 0.495. The summed E-state index contributed by atoms with van der Waals surface area (Å²) in [6.07, 6.45) is 11.6. The zero-order valence-electron chi connectivity index (χ0n) is 5.96. The first-order chi connectivity index (χ1) is 5.45. The van der Waals surface area contributed by atoms with Gasteiger partial charge in [-0.1, -0.05) is 36.4 Å². The van der Waals surface area contributed by atoms with Crippen LogP contribution in [0.1, 0.15) is 11.1 Å². The summed E-state index contributed by atoms with van der Waals surface area (Å²) in [6, 6.07) is 4.27. The molecule has 3 rings (SSSR count). The van der Waals surface area contributed by atoms with Gasteiger partial charge in [0.2, 0.25) is 0 Å². The third-order valence-electron chi connectivity index (χ3n) is 2.24. The van der Waals surface area contributed by atoms with Gasteiger partial charge < -0.3 is 0 Å². The van der Waals surface area contributed by atoms with Gasteiger partial charge in [0.15, 0.2) is 0 Å². The second-order valence-electron chi connectivity index (χ2n) is 2.84. The highest BCUT2D eigenvalue weighted by molar-refractivity contribution is 5.76. The van der Waals surface area contributed by atoms with Gasteiger partial charge in [-0.05, 0) is 21.6 Å². The van der Waals surface area contributed by atoms with Gasteiger partial charge in [0, 0.05) is 6.42 Å². The van der Waals surface area contributed by atoms with Crippen LogP contribution in [0, 0.1) is 6.42 Å². The standard InChI is InChI=1S/C11H6/c1-2-8-4-5-9-6-7-11(9)10(8)3-1/h1,3-7H. The van der Waals surface area contributed by atoms with E-state index in [0.717, 1.165) is 0 Å². The highest BCUT2D eigenvalue weighted by Crippen LogP contribution is 2.16. The first-order valence-corrected chi connectivity index (χ1v) is 3.73. The van der Waals surface area contributed by atoms with Gasteiger partial charge >= 0.3 is 0 Å². The number of allylic oxidation sites excluding steroid dienone is 1. The Balaban J connectivity index is 2.54. The molecule has 0 heterocycles. The highest BCUT2D eigenvalue weighted by Gasteiger charge is 2.08. The molecule has 0 nitrogen and oxygen atoms in total. The maximum absolute atomic E-state index is 3.19. The summed E-state index contributed by atoms with van der Waals surface area (Å²) in [5.74, 6) is 0. The molecule has 0 bridgehead atoms. The van der Waals surface area contributed by atoms with Gasteiger partial charge in [-0.25, -0.2) is 0 Å². The summed E-state index contributed by atoms with van der Waals surface area (Å²) in [6.45, 7) is 0. The predicted molar refractivity (Wildman–Crippen MR) is 46.0 cm³/mol. The first-order valence-electron chi connectivity index (χ1n) is 3.73. The van der Waals surface area contributed by atoms with E-state index >= 15 is 0 Å². The van der Waals surface area contributed by atoms with Crippen LogP contribution < -0.4 is 10.4 Å². The highest BCUT2D eigenvalue weighted by atomic mass is 14.1. The Morgan fingerprint density at radius 2 is 2.09 bits per heavy atom. The Kier molecular flexibility index (Phi) is 0.803. The molecule has 0 spiro atoms. The van der Waals surface area contributed by atoms with Crippen molar-refractivity contribution in [1.29, 1.82) is 0 Å². The SMILES string of the molecule is [C]1C=Cc2c1ccc1c2=CC=1. The molecule has 1 aromatic carbocycles. The summed E-state index contributed by atoms with van der Waals surface area (Å²) >= 11 is 0. The molecular weight excluding hydrogens is 132 g/mol. The van der Waals surface area contributed by atoms with E-state index < -0.39 is 0 Å². The van der Waals surface area contributed by atoms with Crippen LogP contribution in [0.3, 0.4) is 0 Å². The van der Waals surface area contributed by atoms with Crippen LogP contribution in [0.2, 0.25) is 0 Å². The Bertz CT molecular complexity index is 462. The minimum Gasteiger partial charge on any atom is -0.0708 e. The lowest BCUT2D eigenvalue weighted by molar-refractivity contribution is 1.42. The zero-order valence-corrected chi connectivity index (χ0v) is 5.96. The fraction of sp³-hybridized carbons (Fsp3) is 0. The normalized spacial score (nSPS) is 16.0. The Labute approximate surface area is 65.2 Å². The lowest BCUT2D eigenvalue weighted by atomic mass is 10.0. The molecule has 2 radical (unpaired) electrons. The zero-order chi connectivity index (χ0) is 7.26. The smallest absolute Gasteiger partial charge is 0.0429 e. The van der Waals surface area contributed by atoms with Gasteiger partial charge in [0.25, 0.3) is 0 Å². The van der Waals surface area contributed by atoms with Gasteiger partial charge in [0.1, 0.15) is 0 Å². The van der Waals surface area contributed by atoms with Crippen LogP contribution in [0.25, 0.3) is 18.2 Å². The largest absolute Gasteiger partial charge is 0.0708 e. The maximum Gasteiger partial charge on any atom is 0.0429 e. The monoisotopic (exact) mass is 138 g/mol. The number of fused-ring (bicyclic) bond motifs is 3. The van der Waals surface area contributed by atoms with Crippen LogP contribution in [-0.2, 0) is 0 Å². The average molecular weight is 138 g/mol. The van der Waals surface area contributed by atoms with E-state index in [9.17, 15) is 0 Å². The van der Waals surface area contributed by atoms with E-state index in [4.69, 9.17) is 0 Å². The topological polar surface area (TPSA) is 0 Å². The first kappa shape index (κ1) is 5.36. The Morgan fingerprint density at radius 1 is 1.09 bits per heavy atom. The predicted octanol–water partition coefficient (Wildman–Crippen LogP) is 0.717. The van der Waals surface area contributed by atoms with Crippen molar-refractivity contribution in [2.75, 3.05) is 0 Å². The third-order valence-corrected chi connectivity index (χ3v) is 2.24. The molecule has 2 aliphatic rings. The van der Waals surface area contributed by atoms with Crippen molar-refractivity contribution in [2.45, 2.75) is 0 Å². The molecular formula is C11H6. The number of hydrogen-bond donors (Lipinski definition) is 0. The Hall–Kier alpha value is -1.30. The van der Waals surface area contributed by atoms with Crippen LogP contribution in [0.15, 0.2) is 18.2 Å². The second-order valence-corrected chi connectivity index (χ2v) is 2.84. The van der Waals surface area contributed by atoms with Crippen molar-refractivity contribution in [1.82, 2.24) is 0 Å². The van der Waals surface area contributed by atoms with Crippen molar-refractivity contribution < 1.29 is 0 Å². The van der Waals surface area contributed by atoms with Crippen LogP contribution in [0.4, 0.5) is 0 Å². The van der Waals surface area contributed by atoms with E-state index in [1.807, 2.05) is 6.08 Å². The molecule has 0 N–H and O–H groups in total. The molecule has 0 saturated heterocycles. The van der Waals surface area contributed by atoms with Crippen molar-refractivity contribution in [3.63, 3.8) is 0 Å². The molecule has 11 heavy (non-hydrogen) atoms. The summed E-state index contributed by atoms with van der Waals surface area (Å²) in [5.41, 5.74) is 2.57.